The van der Waals surface area contributed by atoms with Crippen LogP contribution in [0, 0.1) is 0 Å². The van der Waals surface area contributed by atoms with Gasteiger partial charge in [0.25, 0.3) is 5.91 Å². The molecule has 0 bridgehead atoms. The summed E-state index contributed by atoms with van der Waals surface area (Å²) < 4.78 is 44.5. The molecule has 0 aliphatic carbocycles. The van der Waals surface area contributed by atoms with Crippen molar-refractivity contribution in [2.45, 2.75) is 6.18 Å². The van der Waals surface area contributed by atoms with E-state index in [-0.39, 0.29) is 22.3 Å². The van der Waals surface area contributed by atoms with E-state index in [1.165, 1.54) is 21.6 Å². The summed E-state index contributed by atoms with van der Waals surface area (Å²) in [7, 11) is 1.60. The maximum Gasteiger partial charge on any atom is 0.418 e. The highest BCUT2D eigenvalue weighted by atomic mass is 19.4. The quantitative estimate of drug-likeness (QED) is 0.203. The highest BCUT2D eigenvalue weighted by molar-refractivity contribution is 6.16. The van der Waals surface area contributed by atoms with E-state index < -0.39 is 17.6 Å². The number of nitrogens with zero attached hydrogens (tertiary/aromatic N) is 2. The van der Waals surface area contributed by atoms with Gasteiger partial charge in [0.15, 0.2) is 6.29 Å². The topological polar surface area (TPSA) is 42.3 Å². The molecule has 0 saturated carbocycles. The highest BCUT2D eigenvalue weighted by Gasteiger charge is 2.35. The van der Waals surface area contributed by atoms with Gasteiger partial charge in [-0.1, -0.05) is 91.0 Å². The Morgan fingerprint density at radius 3 is 2.17 bits per heavy atom. The number of rotatable bonds is 5. The SMILES string of the molecule is CN(C(=O)c1c(C=O)cccc1-n1c2ccccc2c2cccc(C(F)(F)F)c21)c1ccccc1-c1ccccc1. The van der Waals surface area contributed by atoms with Crippen molar-refractivity contribution in [3.05, 3.63) is 132 Å². The zero-order valence-electron chi connectivity index (χ0n) is 21.9. The number of carbonyl (C=O) groups is 2. The lowest BCUT2D eigenvalue weighted by Crippen LogP contribution is -2.29. The zero-order chi connectivity index (χ0) is 28.7. The first kappa shape index (κ1) is 26.1. The Labute approximate surface area is 233 Å². The number of aldehydes is 1. The lowest BCUT2D eigenvalue weighted by Gasteiger charge is -2.24. The van der Waals surface area contributed by atoms with Crippen LogP contribution >= 0.6 is 0 Å². The maximum absolute atomic E-state index is 14.4. The minimum absolute atomic E-state index is 0.00694. The van der Waals surface area contributed by atoms with Crippen molar-refractivity contribution in [3.8, 4) is 16.8 Å². The van der Waals surface area contributed by atoms with Gasteiger partial charge in [-0.25, -0.2) is 0 Å². The minimum Gasteiger partial charge on any atom is -0.311 e. The average molecular weight is 549 g/mol. The number of hydrogen-bond donors (Lipinski definition) is 0. The molecule has 1 aromatic heterocycles. The van der Waals surface area contributed by atoms with Crippen LogP contribution in [0.4, 0.5) is 18.9 Å². The molecular formula is C34H23F3N2O2. The normalized spacial score (nSPS) is 11.6. The Morgan fingerprint density at radius 1 is 0.756 bits per heavy atom. The Bertz CT molecular complexity index is 1940. The number of halogens is 3. The van der Waals surface area contributed by atoms with Crippen molar-refractivity contribution in [1.82, 2.24) is 4.57 Å². The van der Waals surface area contributed by atoms with Gasteiger partial charge in [-0.05, 0) is 29.8 Å². The third kappa shape index (κ3) is 4.36. The molecule has 1 heterocycles. The largest absolute Gasteiger partial charge is 0.418 e. The van der Waals surface area contributed by atoms with E-state index in [0.717, 1.165) is 17.2 Å². The summed E-state index contributed by atoms with van der Waals surface area (Å²) in [5.74, 6) is -0.526. The summed E-state index contributed by atoms with van der Waals surface area (Å²) in [6, 6.07) is 32.6. The van der Waals surface area contributed by atoms with Gasteiger partial charge in [0.05, 0.1) is 33.5 Å². The van der Waals surface area contributed by atoms with E-state index in [1.807, 2.05) is 42.5 Å². The molecule has 202 valence electrons. The lowest BCUT2D eigenvalue weighted by molar-refractivity contribution is -0.136. The molecule has 6 rings (SSSR count). The number of aromatic nitrogens is 1. The smallest absolute Gasteiger partial charge is 0.311 e. The van der Waals surface area contributed by atoms with Crippen molar-refractivity contribution in [2.75, 3.05) is 11.9 Å². The fourth-order valence-corrected chi connectivity index (χ4v) is 5.48. The Kier molecular flexibility index (Phi) is 6.42. The molecule has 0 radical (unpaired) electrons. The summed E-state index contributed by atoms with van der Waals surface area (Å²) in [5.41, 5.74) is 2.13. The second kappa shape index (κ2) is 10.1. The van der Waals surface area contributed by atoms with Gasteiger partial charge >= 0.3 is 6.18 Å². The Balaban J connectivity index is 1.63. The van der Waals surface area contributed by atoms with Gasteiger partial charge < -0.3 is 9.47 Å². The van der Waals surface area contributed by atoms with Crippen molar-refractivity contribution in [3.63, 3.8) is 0 Å². The molecule has 1 amide bonds. The second-order valence-electron chi connectivity index (χ2n) is 9.66. The third-order valence-electron chi connectivity index (χ3n) is 7.31. The number of para-hydroxylation sites is 3. The fraction of sp³-hybridized carbons (Fsp3) is 0.0588. The number of anilines is 1. The summed E-state index contributed by atoms with van der Waals surface area (Å²) in [6.07, 6.45) is -4.09. The highest BCUT2D eigenvalue weighted by Crippen LogP contribution is 2.41. The summed E-state index contributed by atoms with van der Waals surface area (Å²) in [5, 5.41) is 0.999. The summed E-state index contributed by atoms with van der Waals surface area (Å²) in [6.45, 7) is 0. The molecule has 4 nitrogen and oxygen atoms in total. The Morgan fingerprint density at radius 2 is 1.41 bits per heavy atom. The van der Waals surface area contributed by atoms with E-state index in [4.69, 9.17) is 0 Å². The first-order valence-electron chi connectivity index (χ1n) is 12.9. The predicted octanol–water partition coefficient (Wildman–Crippen LogP) is 8.56. The second-order valence-corrected chi connectivity index (χ2v) is 9.66. The molecule has 0 fully saturated rings. The van der Waals surface area contributed by atoms with E-state index in [1.54, 1.807) is 61.6 Å². The monoisotopic (exact) mass is 548 g/mol. The van der Waals surface area contributed by atoms with Crippen molar-refractivity contribution in [1.29, 1.82) is 0 Å². The molecule has 0 atom stereocenters. The first-order chi connectivity index (χ1) is 19.8. The van der Waals surface area contributed by atoms with Crippen molar-refractivity contribution < 1.29 is 22.8 Å². The van der Waals surface area contributed by atoms with Crippen LogP contribution in [0.5, 0.6) is 0 Å². The average Bonchev–Trinajstić information content (AvgIpc) is 3.34. The molecule has 0 unspecified atom stereocenters. The van der Waals surface area contributed by atoms with E-state index >= 15 is 0 Å². The predicted molar refractivity (Wildman–Crippen MR) is 156 cm³/mol. The van der Waals surface area contributed by atoms with Gasteiger partial charge in [0.1, 0.15) is 0 Å². The molecule has 0 aliphatic rings. The molecule has 0 spiro atoms. The fourth-order valence-electron chi connectivity index (χ4n) is 5.48. The summed E-state index contributed by atoms with van der Waals surface area (Å²) >= 11 is 0. The van der Waals surface area contributed by atoms with Crippen LogP contribution in [0.25, 0.3) is 38.6 Å². The molecular weight excluding hydrogens is 525 g/mol. The third-order valence-corrected chi connectivity index (χ3v) is 7.31. The maximum atomic E-state index is 14.4. The number of benzene rings is 5. The van der Waals surface area contributed by atoms with Crippen LogP contribution < -0.4 is 4.90 Å². The molecule has 0 aliphatic heterocycles. The van der Waals surface area contributed by atoms with Crippen LogP contribution in [-0.2, 0) is 6.18 Å². The number of amides is 1. The van der Waals surface area contributed by atoms with Crippen LogP contribution in [0.15, 0.2) is 115 Å². The minimum atomic E-state index is -4.65. The molecule has 5 aromatic carbocycles. The van der Waals surface area contributed by atoms with Gasteiger partial charge in [0, 0.05) is 28.9 Å². The number of carbonyl (C=O) groups excluding carboxylic acids is 2. The summed E-state index contributed by atoms with van der Waals surface area (Å²) in [4.78, 5) is 28.0. The van der Waals surface area contributed by atoms with Gasteiger partial charge in [-0.15, -0.1) is 0 Å². The number of alkyl halides is 3. The van der Waals surface area contributed by atoms with Gasteiger partial charge in [0.2, 0.25) is 0 Å². The molecule has 41 heavy (non-hydrogen) atoms. The first-order valence-corrected chi connectivity index (χ1v) is 12.9. The van der Waals surface area contributed by atoms with E-state index in [9.17, 15) is 22.8 Å². The van der Waals surface area contributed by atoms with Crippen LogP contribution in [0.1, 0.15) is 26.3 Å². The molecule has 0 saturated heterocycles. The molecule has 6 aromatic rings. The van der Waals surface area contributed by atoms with Crippen LogP contribution in [-0.4, -0.2) is 23.8 Å². The van der Waals surface area contributed by atoms with E-state index in [2.05, 4.69) is 0 Å². The molecule has 7 heteroatoms. The number of fused-ring (bicyclic) bond motifs is 3. The van der Waals surface area contributed by atoms with E-state index in [0.29, 0.717) is 28.3 Å². The van der Waals surface area contributed by atoms with Gasteiger partial charge in [-0.3, -0.25) is 9.59 Å². The van der Waals surface area contributed by atoms with Crippen LogP contribution in [0.3, 0.4) is 0 Å². The standard InChI is InChI=1S/C34H23F3N2O2/c1-38(28-18-7-5-14-24(28)22-11-3-2-4-12-22)33(41)31-23(21-40)13-9-20-30(31)39-29-19-8-6-15-25(29)26-16-10-17-27(32(26)39)34(35,36)37/h2-21H,1H3. The lowest BCUT2D eigenvalue weighted by atomic mass is 10.0. The Hall–Kier alpha value is -5.17. The zero-order valence-corrected chi connectivity index (χ0v) is 21.9. The van der Waals surface area contributed by atoms with Gasteiger partial charge in [-0.2, -0.15) is 13.2 Å². The van der Waals surface area contributed by atoms with Crippen molar-refractivity contribution >= 4 is 39.7 Å². The molecule has 0 N–H and O–H groups in total. The number of hydrogen-bond acceptors (Lipinski definition) is 2. The van der Waals surface area contributed by atoms with Crippen LogP contribution in [0.2, 0.25) is 0 Å². The van der Waals surface area contributed by atoms with Crippen molar-refractivity contribution in [2.24, 2.45) is 0 Å².